The fourth-order valence-corrected chi connectivity index (χ4v) is 1.59. The highest BCUT2D eigenvalue weighted by Gasteiger charge is 2.09. The molecule has 1 rings (SSSR count). The molecule has 1 N–H and O–H groups in total. The van der Waals surface area contributed by atoms with Crippen molar-refractivity contribution in [1.29, 1.82) is 0 Å². The van der Waals surface area contributed by atoms with Gasteiger partial charge in [0.2, 0.25) is 5.91 Å². The van der Waals surface area contributed by atoms with Gasteiger partial charge in [-0.15, -0.1) is 0 Å². The molecule has 4 nitrogen and oxygen atoms in total. The van der Waals surface area contributed by atoms with Crippen LogP contribution in [-0.2, 0) is 20.7 Å². The van der Waals surface area contributed by atoms with Crippen molar-refractivity contribution >= 4 is 17.6 Å². The molecule has 4 heteroatoms. The maximum absolute atomic E-state index is 11.5. The van der Waals surface area contributed by atoms with Gasteiger partial charge in [0.05, 0.1) is 6.61 Å². The predicted molar refractivity (Wildman–Crippen MR) is 70.3 cm³/mol. The highest BCUT2D eigenvalue weighted by Crippen LogP contribution is 2.11. The molecule has 0 saturated heterocycles. The molecular weight excluding hydrogens is 230 g/mol. The van der Waals surface area contributed by atoms with Gasteiger partial charge in [-0.25, -0.2) is 0 Å². The summed E-state index contributed by atoms with van der Waals surface area (Å²) in [6, 6.07) is 7.63. The Hall–Kier alpha value is -1.84. The maximum atomic E-state index is 11.5. The Morgan fingerprint density at radius 1 is 1.17 bits per heavy atom. The van der Waals surface area contributed by atoms with Crippen LogP contribution in [0.15, 0.2) is 24.3 Å². The topological polar surface area (TPSA) is 55.4 Å². The minimum Gasteiger partial charge on any atom is -0.466 e. The van der Waals surface area contributed by atoms with Gasteiger partial charge in [-0.05, 0) is 31.0 Å². The Morgan fingerprint density at radius 3 is 2.39 bits per heavy atom. The Labute approximate surface area is 107 Å². The van der Waals surface area contributed by atoms with Gasteiger partial charge in [0.1, 0.15) is 6.42 Å². The summed E-state index contributed by atoms with van der Waals surface area (Å²) in [6.07, 6.45) is 1.87. The fraction of sp³-hybridized carbons (Fsp3) is 0.429. The molecule has 0 fully saturated rings. The van der Waals surface area contributed by atoms with Crippen molar-refractivity contribution in [2.75, 3.05) is 11.9 Å². The third kappa shape index (κ3) is 4.99. The van der Waals surface area contributed by atoms with E-state index in [9.17, 15) is 9.59 Å². The third-order valence-electron chi connectivity index (χ3n) is 2.39. The standard InChI is InChI=1S/C14H19NO3/c1-3-5-11-6-8-12(9-7-11)15-13(16)10-14(17)18-4-2/h6-9H,3-5,10H2,1-2H3,(H,15,16). The molecular formula is C14H19NO3. The largest absolute Gasteiger partial charge is 0.466 e. The van der Waals surface area contributed by atoms with E-state index in [-0.39, 0.29) is 18.9 Å². The molecule has 0 saturated carbocycles. The number of carbonyl (C=O) groups excluding carboxylic acids is 2. The van der Waals surface area contributed by atoms with Gasteiger partial charge in [-0.3, -0.25) is 9.59 Å². The van der Waals surface area contributed by atoms with Crippen molar-refractivity contribution in [1.82, 2.24) is 0 Å². The van der Waals surface area contributed by atoms with E-state index in [0.717, 1.165) is 12.8 Å². The number of amides is 1. The number of benzene rings is 1. The number of hydrogen-bond donors (Lipinski definition) is 1. The molecule has 0 unspecified atom stereocenters. The lowest BCUT2D eigenvalue weighted by Gasteiger charge is -2.06. The quantitative estimate of drug-likeness (QED) is 0.622. The summed E-state index contributed by atoms with van der Waals surface area (Å²) in [6.45, 7) is 4.12. The minimum atomic E-state index is -0.502. The van der Waals surface area contributed by atoms with Gasteiger partial charge >= 0.3 is 5.97 Å². The van der Waals surface area contributed by atoms with Crippen molar-refractivity contribution in [2.45, 2.75) is 33.1 Å². The van der Waals surface area contributed by atoms with Crippen molar-refractivity contribution in [3.05, 3.63) is 29.8 Å². The summed E-state index contributed by atoms with van der Waals surface area (Å²) < 4.78 is 4.70. The zero-order chi connectivity index (χ0) is 13.4. The lowest BCUT2D eigenvalue weighted by Crippen LogP contribution is -2.18. The van der Waals surface area contributed by atoms with E-state index in [4.69, 9.17) is 4.74 Å². The van der Waals surface area contributed by atoms with E-state index in [1.807, 2.05) is 24.3 Å². The summed E-state index contributed by atoms with van der Waals surface area (Å²) in [7, 11) is 0. The minimum absolute atomic E-state index is 0.245. The summed E-state index contributed by atoms with van der Waals surface area (Å²) in [5.41, 5.74) is 1.94. The average Bonchev–Trinajstić information content (AvgIpc) is 2.32. The molecule has 0 aliphatic carbocycles. The van der Waals surface area contributed by atoms with Gasteiger partial charge in [-0.1, -0.05) is 25.5 Å². The summed E-state index contributed by atoms with van der Waals surface area (Å²) in [5.74, 6) is -0.853. The van der Waals surface area contributed by atoms with Gasteiger partial charge in [-0.2, -0.15) is 0 Å². The third-order valence-corrected chi connectivity index (χ3v) is 2.39. The first-order chi connectivity index (χ1) is 8.65. The second kappa shape index (κ2) is 7.48. The molecule has 0 spiro atoms. The smallest absolute Gasteiger partial charge is 0.315 e. The lowest BCUT2D eigenvalue weighted by molar-refractivity contribution is -0.145. The number of carbonyl (C=O) groups is 2. The van der Waals surface area contributed by atoms with Crippen LogP contribution in [0.1, 0.15) is 32.3 Å². The normalized spacial score (nSPS) is 9.89. The van der Waals surface area contributed by atoms with Crippen LogP contribution in [-0.4, -0.2) is 18.5 Å². The number of hydrogen-bond acceptors (Lipinski definition) is 3. The van der Waals surface area contributed by atoms with Crippen molar-refractivity contribution in [3.8, 4) is 0 Å². The molecule has 0 bridgehead atoms. The lowest BCUT2D eigenvalue weighted by atomic mass is 10.1. The van der Waals surface area contributed by atoms with E-state index in [1.165, 1.54) is 5.56 Å². The summed E-state index contributed by atoms with van der Waals surface area (Å²) in [5, 5.41) is 2.66. The molecule has 0 radical (unpaired) electrons. The number of anilines is 1. The first kappa shape index (κ1) is 14.2. The highest BCUT2D eigenvalue weighted by molar-refractivity contribution is 6.01. The van der Waals surface area contributed by atoms with E-state index >= 15 is 0 Å². The second-order valence-electron chi connectivity index (χ2n) is 3.98. The number of rotatable bonds is 6. The number of nitrogens with one attached hydrogen (secondary N) is 1. The monoisotopic (exact) mass is 249 g/mol. The summed E-state index contributed by atoms with van der Waals surface area (Å²) in [4.78, 5) is 22.6. The van der Waals surface area contributed by atoms with E-state index < -0.39 is 5.97 Å². The maximum Gasteiger partial charge on any atom is 0.315 e. The van der Waals surface area contributed by atoms with Crippen molar-refractivity contribution < 1.29 is 14.3 Å². The van der Waals surface area contributed by atoms with Crippen molar-refractivity contribution in [2.24, 2.45) is 0 Å². The Balaban J connectivity index is 2.46. The van der Waals surface area contributed by atoms with E-state index in [2.05, 4.69) is 12.2 Å². The van der Waals surface area contributed by atoms with E-state index in [0.29, 0.717) is 5.69 Å². The number of esters is 1. The van der Waals surface area contributed by atoms with Crippen LogP contribution in [0.2, 0.25) is 0 Å². The first-order valence-electron chi connectivity index (χ1n) is 6.20. The van der Waals surface area contributed by atoms with Crippen LogP contribution < -0.4 is 5.32 Å². The molecule has 0 heterocycles. The van der Waals surface area contributed by atoms with Crippen LogP contribution in [0.5, 0.6) is 0 Å². The predicted octanol–water partition coefficient (Wildman–Crippen LogP) is 2.53. The van der Waals surface area contributed by atoms with E-state index in [1.54, 1.807) is 6.92 Å². The molecule has 1 amide bonds. The van der Waals surface area contributed by atoms with Crippen molar-refractivity contribution in [3.63, 3.8) is 0 Å². The molecule has 1 aromatic carbocycles. The van der Waals surface area contributed by atoms with Gasteiger partial charge < -0.3 is 10.1 Å². The zero-order valence-electron chi connectivity index (χ0n) is 10.9. The molecule has 0 atom stereocenters. The Kier molecular flexibility index (Phi) is 5.91. The Morgan fingerprint density at radius 2 is 1.83 bits per heavy atom. The molecule has 0 aromatic heterocycles. The summed E-state index contributed by atoms with van der Waals surface area (Å²) >= 11 is 0. The van der Waals surface area contributed by atoms with Crippen LogP contribution in [0, 0.1) is 0 Å². The number of aryl methyl sites for hydroxylation is 1. The fourth-order valence-electron chi connectivity index (χ4n) is 1.59. The Bertz CT molecular complexity index is 398. The van der Waals surface area contributed by atoms with Crippen LogP contribution in [0.3, 0.4) is 0 Å². The molecule has 98 valence electrons. The van der Waals surface area contributed by atoms with Gasteiger partial charge in [0, 0.05) is 5.69 Å². The SMILES string of the molecule is CCCc1ccc(NC(=O)CC(=O)OCC)cc1. The molecule has 18 heavy (non-hydrogen) atoms. The number of ether oxygens (including phenoxy) is 1. The first-order valence-corrected chi connectivity index (χ1v) is 6.20. The van der Waals surface area contributed by atoms with Crippen LogP contribution >= 0.6 is 0 Å². The van der Waals surface area contributed by atoms with Gasteiger partial charge in [0.25, 0.3) is 0 Å². The molecule has 0 aliphatic heterocycles. The molecule has 0 aliphatic rings. The van der Waals surface area contributed by atoms with Crippen LogP contribution in [0.25, 0.3) is 0 Å². The van der Waals surface area contributed by atoms with Gasteiger partial charge in [0.15, 0.2) is 0 Å². The highest BCUT2D eigenvalue weighted by atomic mass is 16.5. The second-order valence-corrected chi connectivity index (χ2v) is 3.98. The average molecular weight is 249 g/mol. The van der Waals surface area contributed by atoms with Crippen LogP contribution in [0.4, 0.5) is 5.69 Å². The zero-order valence-corrected chi connectivity index (χ0v) is 10.9. The molecule has 1 aromatic rings.